The summed E-state index contributed by atoms with van der Waals surface area (Å²) in [7, 11) is 0. The van der Waals surface area contributed by atoms with Gasteiger partial charge >= 0.3 is 6.61 Å². The van der Waals surface area contributed by atoms with E-state index in [-0.39, 0.29) is 29.4 Å². The standard InChI is InChI=1S/C21H18ClF2N3O2/c22-20-17(7-4-12-25-20)27-18(28)13-26-19(14-5-2-1-3-6-14)15-8-10-16(11-9-15)29-21(23)24/h1-12,19,21,26H,13H2,(H,27,28)/t19-/m0/s1. The zero-order chi connectivity index (χ0) is 20.6. The van der Waals surface area contributed by atoms with Crippen molar-refractivity contribution in [2.75, 3.05) is 11.9 Å². The van der Waals surface area contributed by atoms with Crippen molar-refractivity contribution in [3.05, 3.63) is 89.2 Å². The van der Waals surface area contributed by atoms with Gasteiger partial charge in [-0.25, -0.2) is 4.98 Å². The average molecular weight is 418 g/mol. The van der Waals surface area contributed by atoms with Crippen LogP contribution in [0.2, 0.25) is 5.15 Å². The van der Waals surface area contributed by atoms with Crippen LogP contribution in [-0.2, 0) is 4.79 Å². The highest BCUT2D eigenvalue weighted by Gasteiger charge is 2.16. The minimum Gasteiger partial charge on any atom is -0.435 e. The molecule has 0 unspecified atom stereocenters. The highest BCUT2D eigenvalue weighted by Crippen LogP contribution is 2.25. The van der Waals surface area contributed by atoms with Gasteiger partial charge in [-0.15, -0.1) is 0 Å². The number of halogens is 3. The maximum absolute atomic E-state index is 12.4. The van der Waals surface area contributed by atoms with E-state index in [1.54, 1.807) is 24.3 Å². The fraction of sp³-hybridized carbons (Fsp3) is 0.143. The zero-order valence-electron chi connectivity index (χ0n) is 15.2. The Labute approximate surface area is 171 Å². The molecule has 1 aromatic heterocycles. The molecular formula is C21H18ClF2N3O2. The molecule has 0 aliphatic carbocycles. The molecule has 1 amide bonds. The first-order valence-corrected chi connectivity index (χ1v) is 9.14. The van der Waals surface area contributed by atoms with Gasteiger partial charge in [-0.3, -0.25) is 10.1 Å². The lowest BCUT2D eigenvalue weighted by molar-refractivity contribution is -0.115. The van der Waals surface area contributed by atoms with Gasteiger partial charge in [-0.05, 0) is 35.4 Å². The normalized spacial score (nSPS) is 11.9. The molecule has 8 heteroatoms. The number of aromatic nitrogens is 1. The van der Waals surface area contributed by atoms with E-state index >= 15 is 0 Å². The summed E-state index contributed by atoms with van der Waals surface area (Å²) in [4.78, 5) is 16.3. The number of alkyl halides is 2. The average Bonchev–Trinajstić information content (AvgIpc) is 2.71. The van der Waals surface area contributed by atoms with Crippen LogP contribution in [0.3, 0.4) is 0 Å². The van der Waals surface area contributed by atoms with Gasteiger partial charge in [0, 0.05) is 6.20 Å². The summed E-state index contributed by atoms with van der Waals surface area (Å²) in [5, 5.41) is 6.09. The number of rotatable bonds is 8. The first-order chi connectivity index (χ1) is 14.0. The highest BCUT2D eigenvalue weighted by atomic mass is 35.5. The van der Waals surface area contributed by atoms with Gasteiger partial charge in [-0.1, -0.05) is 54.1 Å². The smallest absolute Gasteiger partial charge is 0.387 e. The molecule has 1 atom stereocenters. The van der Waals surface area contributed by atoms with Gasteiger partial charge in [0.15, 0.2) is 5.15 Å². The summed E-state index contributed by atoms with van der Waals surface area (Å²) in [6, 6.07) is 18.8. The molecule has 150 valence electrons. The monoisotopic (exact) mass is 417 g/mol. The SMILES string of the molecule is O=C(CN[C@@H](c1ccccc1)c1ccc(OC(F)F)cc1)Nc1cccnc1Cl. The molecule has 0 aliphatic rings. The van der Waals surface area contributed by atoms with Crippen molar-refractivity contribution in [2.24, 2.45) is 0 Å². The third-order valence-electron chi connectivity index (χ3n) is 4.07. The number of anilines is 1. The van der Waals surface area contributed by atoms with Gasteiger partial charge in [-0.2, -0.15) is 8.78 Å². The molecule has 3 aromatic rings. The van der Waals surface area contributed by atoms with Crippen LogP contribution in [-0.4, -0.2) is 24.0 Å². The maximum Gasteiger partial charge on any atom is 0.387 e. The topological polar surface area (TPSA) is 63.2 Å². The van der Waals surface area contributed by atoms with E-state index in [9.17, 15) is 13.6 Å². The second-order valence-corrected chi connectivity index (χ2v) is 6.42. The fourth-order valence-electron chi connectivity index (χ4n) is 2.78. The van der Waals surface area contributed by atoms with Crippen LogP contribution in [0.5, 0.6) is 5.75 Å². The molecule has 0 aliphatic heterocycles. The zero-order valence-corrected chi connectivity index (χ0v) is 15.9. The summed E-state index contributed by atoms with van der Waals surface area (Å²) in [6.07, 6.45) is 1.53. The number of amides is 1. The van der Waals surface area contributed by atoms with E-state index in [1.165, 1.54) is 18.3 Å². The summed E-state index contributed by atoms with van der Waals surface area (Å²) in [5.41, 5.74) is 2.14. The quantitative estimate of drug-likeness (QED) is 0.523. The Morgan fingerprint density at radius 3 is 2.34 bits per heavy atom. The predicted molar refractivity (Wildman–Crippen MR) is 107 cm³/mol. The van der Waals surface area contributed by atoms with E-state index in [0.717, 1.165) is 11.1 Å². The number of carbonyl (C=O) groups is 1. The van der Waals surface area contributed by atoms with Crippen LogP contribution < -0.4 is 15.4 Å². The molecule has 0 bridgehead atoms. The molecule has 29 heavy (non-hydrogen) atoms. The number of benzene rings is 2. The Morgan fingerprint density at radius 1 is 1.00 bits per heavy atom. The Kier molecular flexibility index (Phi) is 7.10. The molecule has 0 saturated heterocycles. The Morgan fingerprint density at radius 2 is 1.69 bits per heavy atom. The van der Waals surface area contributed by atoms with Crippen LogP contribution in [0.1, 0.15) is 17.2 Å². The number of hydrogen-bond acceptors (Lipinski definition) is 4. The van der Waals surface area contributed by atoms with E-state index in [0.29, 0.717) is 5.69 Å². The second-order valence-electron chi connectivity index (χ2n) is 6.06. The van der Waals surface area contributed by atoms with Crippen molar-refractivity contribution >= 4 is 23.2 Å². The lowest BCUT2D eigenvalue weighted by atomic mass is 9.98. The molecule has 1 heterocycles. The lowest BCUT2D eigenvalue weighted by Gasteiger charge is -2.20. The number of hydrogen-bond donors (Lipinski definition) is 2. The third-order valence-corrected chi connectivity index (χ3v) is 4.37. The van der Waals surface area contributed by atoms with E-state index < -0.39 is 6.61 Å². The molecular weight excluding hydrogens is 400 g/mol. The highest BCUT2D eigenvalue weighted by molar-refractivity contribution is 6.32. The minimum absolute atomic E-state index is 0.0000691. The number of nitrogens with zero attached hydrogens (tertiary/aromatic N) is 1. The first-order valence-electron chi connectivity index (χ1n) is 8.76. The van der Waals surface area contributed by atoms with Crippen molar-refractivity contribution in [2.45, 2.75) is 12.7 Å². The van der Waals surface area contributed by atoms with Crippen LogP contribution in [0, 0.1) is 0 Å². The molecule has 0 spiro atoms. The molecule has 0 fully saturated rings. The van der Waals surface area contributed by atoms with Gasteiger partial charge in [0.1, 0.15) is 5.75 Å². The Bertz CT molecular complexity index is 940. The molecule has 0 radical (unpaired) electrons. The van der Waals surface area contributed by atoms with Gasteiger partial charge in [0.25, 0.3) is 0 Å². The third kappa shape index (κ3) is 5.97. The van der Waals surface area contributed by atoms with Gasteiger partial charge in [0.2, 0.25) is 5.91 Å². The summed E-state index contributed by atoms with van der Waals surface area (Å²) in [5.74, 6) is -0.224. The van der Waals surface area contributed by atoms with E-state index in [1.807, 2.05) is 30.3 Å². The van der Waals surface area contributed by atoms with E-state index in [4.69, 9.17) is 11.6 Å². The summed E-state index contributed by atoms with van der Waals surface area (Å²) < 4.78 is 29.1. The number of nitrogens with one attached hydrogen (secondary N) is 2. The molecule has 5 nitrogen and oxygen atoms in total. The van der Waals surface area contributed by atoms with Crippen LogP contribution in [0.25, 0.3) is 0 Å². The van der Waals surface area contributed by atoms with Gasteiger partial charge < -0.3 is 10.1 Å². The van der Waals surface area contributed by atoms with Crippen molar-refractivity contribution in [1.82, 2.24) is 10.3 Å². The number of pyridine rings is 1. The number of ether oxygens (including phenoxy) is 1. The largest absolute Gasteiger partial charge is 0.435 e. The van der Waals surface area contributed by atoms with E-state index in [2.05, 4.69) is 20.4 Å². The number of carbonyl (C=O) groups excluding carboxylic acids is 1. The summed E-state index contributed by atoms with van der Waals surface area (Å²) in [6.45, 7) is -2.88. The van der Waals surface area contributed by atoms with Crippen LogP contribution in [0.15, 0.2) is 72.9 Å². The van der Waals surface area contributed by atoms with Crippen LogP contribution >= 0.6 is 11.6 Å². The molecule has 2 N–H and O–H groups in total. The maximum atomic E-state index is 12.4. The molecule has 3 rings (SSSR count). The van der Waals surface area contributed by atoms with Crippen molar-refractivity contribution in [3.8, 4) is 5.75 Å². The van der Waals surface area contributed by atoms with Gasteiger partial charge in [0.05, 0.1) is 18.3 Å². The van der Waals surface area contributed by atoms with Crippen LogP contribution in [0.4, 0.5) is 14.5 Å². The fourth-order valence-corrected chi connectivity index (χ4v) is 2.95. The Balaban J connectivity index is 1.73. The predicted octanol–water partition coefficient (Wildman–Crippen LogP) is 4.65. The van der Waals surface area contributed by atoms with Crippen molar-refractivity contribution in [3.63, 3.8) is 0 Å². The van der Waals surface area contributed by atoms with Crippen molar-refractivity contribution < 1.29 is 18.3 Å². The lowest BCUT2D eigenvalue weighted by Crippen LogP contribution is -2.32. The molecule has 0 saturated carbocycles. The summed E-state index contributed by atoms with van der Waals surface area (Å²) >= 11 is 5.96. The van der Waals surface area contributed by atoms with Crippen molar-refractivity contribution in [1.29, 1.82) is 0 Å². The second kappa shape index (κ2) is 9.95. The Hall–Kier alpha value is -3.03. The minimum atomic E-state index is -2.88. The molecule has 2 aromatic carbocycles. The first kappa shape index (κ1) is 20.7.